The number of fused-ring (bicyclic) bond motifs is 1. The summed E-state index contributed by atoms with van der Waals surface area (Å²) in [6.45, 7) is 3.89. The minimum Gasteiger partial charge on any atom is -0.358 e. The van der Waals surface area contributed by atoms with Crippen LogP contribution in [0.25, 0.3) is 10.9 Å². The van der Waals surface area contributed by atoms with E-state index in [1.54, 1.807) is 12.1 Å². The molecule has 1 N–H and O–H groups in total. The van der Waals surface area contributed by atoms with Gasteiger partial charge in [0.1, 0.15) is 5.25 Å². The molecule has 1 aromatic heterocycles. The Morgan fingerprint density at radius 1 is 0.778 bits per heavy atom. The summed E-state index contributed by atoms with van der Waals surface area (Å²) < 4.78 is 27.4. The average molecular weight is 375 g/mol. The van der Waals surface area contributed by atoms with Gasteiger partial charge in [-0.25, -0.2) is 8.42 Å². The molecular formula is C23H21NO2S. The van der Waals surface area contributed by atoms with Gasteiger partial charge in [-0.15, -0.1) is 0 Å². The van der Waals surface area contributed by atoms with E-state index in [1.165, 1.54) is 0 Å². The standard InChI is InChI=1S/C23H21NO2S/c1-16-12-14-19(15-13-16)27(25,26)23(18-8-4-3-5-9-18)22-17(2)24-21-11-7-6-10-20(21)22/h3-15,23-24H,1-2H3/t23-/m1/s1. The molecule has 0 aliphatic rings. The van der Waals surface area contributed by atoms with Crippen molar-refractivity contribution in [3.63, 3.8) is 0 Å². The van der Waals surface area contributed by atoms with Gasteiger partial charge in [0.25, 0.3) is 0 Å². The number of para-hydroxylation sites is 1. The molecular weight excluding hydrogens is 354 g/mol. The van der Waals surface area contributed by atoms with E-state index < -0.39 is 15.1 Å². The highest BCUT2D eigenvalue weighted by atomic mass is 32.2. The van der Waals surface area contributed by atoms with Crippen molar-refractivity contribution in [2.24, 2.45) is 0 Å². The Morgan fingerprint density at radius 3 is 2.11 bits per heavy atom. The van der Waals surface area contributed by atoms with Gasteiger partial charge in [0.2, 0.25) is 0 Å². The molecule has 27 heavy (non-hydrogen) atoms. The van der Waals surface area contributed by atoms with Crippen LogP contribution in [-0.4, -0.2) is 13.4 Å². The van der Waals surface area contributed by atoms with Crippen molar-refractivity contribution >= 4 is 20.7 Å². The second-order valence-electron chi connectivity index (χ2n) is 6.86. The lowest BCUT2D eigenvalue weighted by Gasteiger charge is -2.19. The number of aromatic nitrogens is 1. The van der Waals surface area contributed by atoms with Gasteiger partial charge < -0.3 is 4.98 Å². The van der Waals surface area contributed by atoms with Crippen LogP contribution in [0.3, 0.4) is 0 Å². The van der Waals surface area contributed by atoms with Crippen LogP contribution in [0.1, 0.15) is 27.6 Å². The summed E-state index contributed by atoms with van der Waals surface area (Å²) in [5, 5.41) is 0.178. The highest BCUT2D eigenvalue weighted by molar-refractivity contribution is 7.92. The highest BCUT2D eigenvalue weighted by Gasteiger charge is 2.33. The number of hydrogen-bond acceptors (Lipinski definition) is 2. The molecule has 1 heterocycles. The van der Waals surface area contributed by atoms with Gasteiger partial charge in [-0.1, -0.05) is 66.2 Å². The summed E-state index contributed by atoms with van der Waals surface area (Å²) in [5.41, 5.74) is 4.45. The smallest absolute Gasteiger partial charge is 0.189 e. The Hall–Kier alpha value is -2.85. The number of nitrogens with one attached hydrogen (secondary N) is 1. The van der Waals surface area contributed by atoms with E-state index in [-0.39, 0.29) is 0 Å². The normalized spacial score (nSPS) is 13.0. The van der Waals surface area contributed by atoms with Crippen molar-refractivity contribution in [1.29, 1.82) is 0 Å². The molecule has 3 nitrogen and oxygen atoms in total. The third kappa shape index (κ3) is 3.06. The molecule has 0 spiro atoms. The number of aryl methyl sites for hydroxylation is 2. The Kier molecular flexibility index (Phi) is 4.36. The molecule has 0 amide bonds. The Morgan fingerprint density at radius 2 is 1.41 bits per heavy atom. The molecule has 0 fully saturated rings. The van der Waals surface area contributed by atoms with Gasteiger partial charge in [0, 0.05) is 22.2 Å². The molecule has 4 heteroatoms. The van der Waals surface area contributed by atoms with E-state index in [9.17, 15) is 8.42 Å². The summed E-state index contributed by atoms with van der Waals surface area (Å²) in [6.07, 6.45) is 0. The number of H-pyrrole nitrogens is 1. The average Bonchev–Trinajstić information content (AvgIpc) is 2.99. The minimum atomic E-state index is -3.63. The van der Waals surface area contributed by atoms with Gasteiger partial charge >= 0.3 is 0 Å². The van der Waals surface area contributed by atoms with Gasteiger partial charge in [0.05, 0.1) is 4.90 Å². The van der Waals surface area contributed by atoms with Gasteiger partial charge in [-0.05, 0) is 37.6 Å². The molecule has 136 valence electrons. The summed E-state index contributed by atoms with van der Waals surface area (Å²) in [7, 11) is -3.63. The molecule has 0 radical (unpaired) electrons. The number of benzene rings is 3. The predicted octanol–water partition coefficient (Wildman–Crippen LogP) is 5.35. The first-order valence-corrected chi connectivity index (χ1v) is 10.5. The summed E-state index contributed by atoms with van der Waals surface area (Å²) in [4.78, 5) is 3.68. The molecule has 0 unspecified atom stereocenters. The third-order valence-corrected chi connectivity index (χ3v) is 7.03. The third-order valence-electron chi connectivity index (χ3n) is 4.97. The maximum absolute atomic E-state index is 13.7. The lowest BCUT2D eigenvalue weighted by atomic mass is 10.0. The lowest BCUT2D eigenvalue weighted by molar-refractivity contribution is 0.589. The van der Waals surface area contributed by atoms with E-state index >= 15 is 0 Å². The predicted molar refractivity (Wildman–Crippen MR) is 110 cm³/mol. The summed E-state index contributed by atoms with van der Waals surface area (Å²) in [6, 6.07) is 24.4. The largest absolute Gasteiger partial charge is 0.358 e. The second kappa shape index (κ2) is 6.71. The SMILES string of the molecule is Cc1ccc(S(=O)(=O)[C@H](c2ccccc2)c2c(C)[nH]c3ccccc23)cc1. The van der Waals surface area contributed by atoms with Gasteiger partial charge in [-0.3, -0.25) is 0 Å². The fourth-order valence-electron chi connectivity index (χ4n) is 3.63. The molecule has 4 rings (SSSR count). The molecule has 0 bridgehead atoms. The first-order valence-electron chi connectivity index (χ1n) is 8.91. The molecule has 4 aromatic rings. The number of rotatable bonds is 4. The molecule has 1 atom stereocenters. The van der Waals surface area contributed by atoms with Crippen molar-refractivity contribution in [1.82, 2.24) is 4.98 Å². The summed E-state index contributed by atoms with van der Waals surface area (Å²) in [5.74, 6) is 0. The Labute approximate surface area is 159 Å². The molecule has 3 aromatic carbocycles. The van der Waals surface area contributed by atoms with Crippen molar-refractivity contribution < 1.29 is 8.42 Å². The zero-order chi connectivity index (χ0) is 19.0. The van der Waals surface area contributed by atoms with Crippen LogP contribution in [0.5, 0.6) is 0 Å². The monoisotopic (exact) mass is 375 g/mol. The molecule has 0 saturated heterocycles. The van der Waals surface area contributed by atoms with Crippen LogP contribution in [0.15, 0.2) is 83.8 Å². The van der Waals surface area contributed by atoms with Crippen LogP contribution in [0, 0.1) is 13.8 Å². The quantitative estimate of drug-likeness (QED) is 0.523. The van der Waals surface area contributed by atoms with E-state index in [0.717, 1.165) is 33.3 Å². The zero-order valence-corrected chi connectivity index (χ0v) is 16.1. The number of aromatic amines is 1. The number of hydrogen-bond donors (Lipinski definition) is 1. The topological polar surface area (TPSA) is 49.9 Å². The van der Waals surface area contributed by atoms with E-state index in [4.69, 9.17) is 0 Å². The van der Waals surface area contributed by atoms with E-state index in [0.29, 0.717) is 4.90 Å². The maximum atomic E-state index is 13.7. The Bertz CT molecular complexity index is 1190. The first kappa shape index (κ1) is 17.6. The fourth-order valence-corrected chi connectivity index (χ4v) is 5.55. The summed E-state index contributed by atoms with van der Waals surface area (Å²) >= 11 is 0. The van der Waals surface area contributed by atoms with Crippen LogP contribution >= 0.6 is 0 Å². The number of sulfone groups is 1. The zero-order valence-electron chi connectivity index (χ0n) is 15.3. The van der Waals surface area contributed by atoms with Crippen molar-refractivity contribution in [3.05, 3.63) is 101 Å². The Balaban J connectivity index is 2.01. The maximum Gasteiger partial charge on any atom is 0.189 e. The van der Waals surface area contributed by atoms with Gasteiger partial charge in [-0.2, -0.15) is 0 Å². The van der Waals surface area contributed by atoms with E-state index in [2.05, 4.69) is 4.98 Å². The van der Waals surface area contributed by atoms with Crippen LogP contribution in [0.2, 0.25) is 0 Å². The first-order chi connectivity index (χ1) is 13.0. The van der Waals surface area contributed by atoms with Crippen molar-refractivity contribution in [2.75, 3.05) is 0 Å². The van der Waals surface area contributed by atoms with Gasteiger partial charge in [0.15, 0.2) is 9.84 Å². The van der Waals surface area contributed by atoms with Crippen molar-refractivity contribution in [3.8, 4) is 0 Å². The molecule has 0 aliphatic heterocycles. The lowest BCUT2D eigenvalue weighted by Crippen LogP contribution is -2.16. The minimum absolute atomic E-state index is 0.339. The van der Waals surface area contributed by atoms with E-state index in [1.807, 2.05) is 80.6 Å². The molecule has 0 saturated carbocycles. The van der Waals surface area contributed by atoms with Crippen molar-refractivity contribution in [2.45, 2.75) is 24.0 Å². The molecule has 0 aliphatic carbocycles. The highest BCUT2D eigenvalue weighted by Crippen LogP contribution is 2.40. The van der Waals surface area contributed by atoms with Crippen LogP contribution in [-0.2, 0) is 9.84 Å². The van der Waals surface area contributed by atoms with Crippen LogP contribution in [0.4, 0.5) is 0 Å². The van der Waals surface area contributed by atoms with Crippen LogP contribution < -0.4 is 0 Å². The second-order valence-corrected chi connectivity index (χ2v) is 8.89. The fraction of sp³-hybridized carbons (Fsp3) is 0.130.